The predicted molar refractivity (Wildman–Crippen MR) is 123 cm³/mol. The Morgan fingerprint density at radius 3 is 2.06 bits per heavy atom. The third kappa shape index (κ3) is 8.26. The molecule has 2 unspecified atom stereocenters. The molecule has 3 atom stereocenters. The standard InChI is InChI=1S/C23H43N3O5/c1-12-31-20(28)16(4)13-17(15(2)3)26(10)19(27)18(22(5,6)7)25-21(29)23(8,24-9)14-30-11/h13,15,17-18,24H,12,14H2,1-11H3,(H,25,29)/b16-13+/t17-,18?,23?/m1/s1. The first kappa shape index (κ1) is 29.1. The molecule has 0 heterocycles. The highest BCUT2D eigenvalue weighted by atomic mass is 16.5. The average molecular weight is 442 g/mol. The van der Waals surface area contributed by atoms with Gasteiger partial charge >= 0.3 is 5.97 Å². The van der Waals surface area contributed by atoms with Crippen molar-refractivity contribution in [2.45, 2.75) is 73.0 Å². The first-order valence-corrected chi connectivity index (χ1v) is 10.8. The van der Waals surface area contributed by atoms with Gasteiger partial charge in [-0.05, 0) is 39.2 Å². The van der Waals surface area contributed by atoms with E-state index in [1.807, 2.05) is 34.6 Å². The summed E-state index contributed by atoms with van der Waals surface area (Å²) in [6, 6.07) is -1.11. The first-order chi connectivity index (χ1) is 14.2. The van der Waals surface area contributed by atoms with E-state index in [0.29, 0.717) is 5.57 Å². The number of nitrogens with one attached hydrogen (secondary N) is 2. The Balaban J connectivity index is 5.91. The van der Waals surface area contributed by atoms with Crippen LogP contribution in [-0.2, 0) is 23.9 Å². The lowest BCUT2D eigenvalue weighted by Gasteiger charge is -2.39. The molecule has 0 aromatic rings. The van der Waals surface area contributed by atoms with Gasteiger partial charge in [0.2, 0.25) is 11.8 Å². The number of carbonyl (C=O) groups excluding carboxylic acids is 3. The summed E-state index contributed by atoms with van der Waals surface area (Å²) >= 11 is 0. The molecule has 0 rings (SSSR count). The summed E-state index contributed by atoms with van der Waals surface area (Å²) in [6.45, 7) is 15.3. The highest BCUT2D eigenvalue weighted by Crippen LogP contribution is 2.24. The molecule has 0 aliphatic rings. The molecule has 0 aromatic carbocycles. The van der Waals surface area contributed by atoms with Crippen LogP contribution in [0.25, 0.3) is 0 Å². The second-order valence-corrected chi connectivity index (χ2v) is 9.54. The van der Waals surface area contributed by atoms with E-state index in [9.17, 15) is 14.4 Å². The van der Waals surface area contributed by atoms with Gasteiger partial charge in [-0.25, -0.2) is 4.79 Å². The third-order valence-electron chi connectivity index (χ3n) is 5.37. The molecule has 2 amide bonds. The Hall–Kier alpha value is -1.93. The average Bonchev–Trinajstić information content (AvgIpc) is 2.67. The Labute approximate surface area is 188 Å². The van der Waals surface area contributed by atoms with Crippen LogP contribution in [0.1, 0.15) is 55.4 Å². The number of hydrogen-bond acceptors (Lipinski definition) is 6. The van der Waals surface area contributed by atoms with E-state index in [1.54, 1.807) is 45.8 Å². The molecule has 0 radical (unpaired) electrons. The molecule has 0 saturated carbocycles. The second-order valence-electron chi connectivity index (χ2n) is 9.54. The molecular weight excluding hydrogens is 398 g/mol. The van der Waals surface area contributed by atoms with Gasteiger partial charge in [0, 0.05) is 19.7 Å². The Morgan fingerprint density at radius 1 is 1.13 bits per heavy atom. The molecule has 8 nitrogen and oxygen atoms in total. The van der Waals surface area contributed by atoms with Crippen LogP contribution in [0.15, 0.2) is 11.6 Å². The van der Waals surface area contributed by atoms with E-state index in [2.05, 4.69) is 10.6 Å². The molecule has 0 fully saturated rings. The number of likely N-dealkylation sites (N-methyl/N-ethyl adjacent to an activating group) is 2. The summed E-state index contributed by atoms with van der Waals surface area (Å²) in [5.41, 5.74) is -1.07. The Morgan fingerprint density at radius 2 is 1.68 bits per heavy atom. The SMILES string of the molecule is CCOC(=O)/C(C)=C/[C@H](C(C)C)N(C)C(=O)C(NC(=O)C(C)(COC)NC)C(C)(C)C. The van der Waals surface area contributed by atoms with Crippen LogP contribution >= 0.6 is 0 Å². The predicted octanol–water partition coefficient (Wildman–Crippen LogP) is 2.13. The van der Waals surface area contributed by atoms with Gasteiger partial charge in [0.1, 0.15) is 11.6 Å². The minimum absolute atomic E-state index is 0.0470. The van der Waals surface area contributed by atoms with Crippen molar-refractivity contribution in [3.05, 3.63) is 11.6 Å². The van der Waals surface area contributed by atoms with E-state index < -0.39 is 23.0 Å². The monoisotopic (exact) mass is 441 g/mol. The van der Waals surface area contributed by atoms with E-state index >= 15 is 0 Å². The zero-order valence-electron chi connectivity index (χ0n) is 21.2. The largest absolute Gasteiger partial charge is 0.463 e. The fraction of sp³-hybridized carbons (Fsp3) is 0.783. The topological polar surface area (TPSA) is 97.0 Å². The van der Waals surface area contributed by atoms with Gasteiger partial charge in [-0.1, -0.05) is 40.7 Å². The highest BCUT2D eigenvalue weighted by Gasteiger charge is 2.41. The van der Waals surface area contributed by atoms with Gasteiger partial charge < -0.3 is 25.0 Å². The molecule has 180 valence electrons. The lowest BCUT2D eigenvalue weighted by molar-refractivity contribution is -0.142. The van der Waals surface area contributed by atoms with Gasteiger partial charge in [-0.2, -0.15) is 0 Å². The number of methoxy groups -OCH3 is 1. The van der Waals surface area contributed by atoms with Crippen molar-refractivity contribution in [1.29, 1.82) is 0 Å². The minimum Gasteiger partial charge on any atom is -0.463 e. The van der Waals surface area contributed by atoms with Crippen molar-refractivity contribution >= 4 is 17.8 Å². The van der Waals surface area contributed by atoms with E-state index in [-0.39, 0.29) is 37.0 Å². The number of amides is 2. The first-order valence-electron chi connectivity index (χ1n) is 10.8. The van der Waals surface area contributed by atoms with Crippen molar-refractivity contribution in [2.75, 3.05) is 34.4 Å². The van der Waals surface area contributed by atoms with E-state index in [4.69, 9.17) is 9.47 Å². The van der Waals surface area contributed by atoms with E-state index in [0.717, 1.165) is 0 Å². The van der Waals surface area contributed by atoms with Gasteiger partial charge in [-0.3, -0.25) is 9.59 Å². The van der Waals surface area contributed by atoms with Gasteiger partial charge in [-0.15, -0.1) is 0 Å². The molecule has 0 bridgehead atoms. The molecule has 31 heavy (non-hydrogen) atoms. The van der Waals surface area contributed by atoms with Crippen LogP contribution in [0.3, 0.4) is 0 Å². The second kappa shape index (κ2) is 12.2. The minimum atomic E-state index is -0.977. The molecule has 0 aromatic heterocycles. The van der Waals surface area contributed by atoms with Crippen LogP contribution in [0, 0.1) is 11.3 Å². The molecule has 2 N–H and O–H groups in total. The summed E-state index contributed by atoms with van der Waals surface area (Å²) in [7, 11) is 4.89. The number of ether oxygens (including phenoxy) is 2. The van der Waals surface area contributed by atoms with Crippen LogP contribution in [0.4, 0.5) is 0 Å². The Kier molecular flexibility index (Phi) is 11.4. The molecule has 0 spiro atoms. The summed E-state index contributed by atoms with van der Waals surface area (Å²) < 4.78 is 10.2. The molecule has 0 aliphatic heterocycles. The van der Waals surface area contributed by atoms with Gasteiger partial charge in [0.25, 0.3) is 0 Å². The summed E-state index contributed by atoms with van der Waals surface area (Å²) in [6.07, 6.45) is 1.75. The van der Waals surface area contributed by atoms with Crippen LogP contribution in [0.2, 0.25) is 0 Å². The number of carbonyl (C=O) groups is 3. The smallest absolute Gasteiger partial charge is 0.333 e. The molecular formula is C23H43N3O5. The molecule has 0 saturated heterocycles. The maximum absolute atomic E-state index is 13.5. The fourth-order valence-corrected chi connectivity index (χ4v) is 3.15. The lowest BCUT2D eigenvalue weighted by Crippen LogP contribution is -2.63. The summed E-state index contributed by atoms with van der Waals surface area (Å²) in [5, 5.41) is 5.89. The Bertz CT molecular complexity index is 654. The maximum Gasteiger partial charge on any atom is 0.333 e. The highest BCUT2D eigenvalue weighted by molar-refractivity contribution is 5.93. The number of hydrogen-bond donors (Lipinski definition) is 2. The summed E-state index contributed by atoms with van der Waals surface area (Å²) in [5.74, 6) is -0.911. The zero-order valence-corrected chi connectivity index (χ0v) is 21.2. The van der Waals surface area contributed by atoms with Crippen molar-refractivity contribution in [1.82, 2.24) is 15.5 Å². The van der Waals surface area contributed by atoms with Crippen molar-refractivity contribution in [3.8, 4) is 0 Å². The van der Waals surface area contributed by atoms with E-state index in [1.165, 1.54) is 7.11 Å². The molecule has 0 aliphatic carbocycles. The quantitative estimate of drug-likeness (QED) is 0.377. The van der Waals surface area contributed by atoms with Crippen molar-refractivity contribution in [2.24, 2.45) is 11.3 Å². The number of rotatable bonds is 11. The van der Waals surface area contributed by atoms with Crippen LogP contribution in [0.5, 0.6) is 0 Å². The normalized spacial score (nSPS) is 16.3. The maximum atomic E-state index is 13.5. The van der Waals surface area contributed by atoms with Crippen LogP contribution < -0.4 is 10.6 Å². The number of esters is 1. The van der Waals surface area contributed by atoms with Gasteiger partial charge in [0.15, 0.2) is 0 Å². The summed E-state index contributed by atoms with van der Waals surface area (Å²) in [4.78, 5) is 40.2. The number of nitrogens with zero attached hydrogens (tertiary/aromatic N) is 1. The van der Waals surface area contributed by atoms with Crippen molar-refractivity contribution < 1.29 is 23.9 Å². The lowest BCUT2D eigenvalue weighted by atomic mass is 9.84. The van der Waals surface area contributed by atoms with Gasteiger partial charge in [0.05, 0.1) is 19.3 Å². The molecule has 8 heteroatoms. The zero-order chi connectivity index (χ0) is 24.6. The third-order valence-corrected chi connectivity index (χ3v) is 5.37. The van der Waals surface area contributed by atoms with Crippen molar-refractivity contribution in [3.63, 3.8) is 0 Å². The fourth-order valence-electron chi connectivity index (χ4n) is 3.15. The van der Waals surface area contributed by atoms with Crippen LogP contribution in [-0.4, -0.2) is 74.7 Å².